The zero-order chi connectivity index (χ0) is 16.7. The molecule has 0 radical (unpaired) electrons. The van der Waals surface area contributed by atoms with E-state index in [1.54, 1.807) is 7.05 Å². The molecule has 1 aromatic heterocycles. The number of aromatic nitrogens is 1. The van der Waals surface area contributed by atoms with Crippen LogP contribution in [-0.4, -0.2) is 57.6 Å². The van der Waals surface area contributed by atoms with Crippen LogP contribution in [0.4, 0.5) is 4.79 Å². The normalized spacial score (nSPS) is 19.9. The number of fused-ring (bicyclic) bond motifs is 1. The van der Waals surface area contributed by atoms with Crippen molar-refractivity contribution in [2.24, 2.45) is 0 Å². The maximum Gasteiger partial charge on any atom is 0.327 e. The molecule has 2 atom stereocenters. The summed E-state index contributed by atoms with van der Waals surface area (Å²) in [5, 5.41) is 10.8. The first-order valence-electron chi connectivity index (χ1n) is 7.73. The Balaban J connectivity index is 1.78. The minimum Gasteiger partial charge on any atom is -0.391 e. The van der Waals surface area contributed by atoms with Crippen LogP contribution < -0.4 is 0 Å². The number of imide groups is 1. The molecule has 2 aromatic rings. The SMILES string of the molecule is Cc1ccc2[nH]cc(CCN3C(=O)C(C(C)O)N(C)C3=O)c2c1. The number of urea groups is 1. The summed E-state index contributed by atoms with van der Waals surface area (Å²) in [4.78, 5) is 30.3. The lowest BCUT2D eigenvalue weighted by Crippen LogP contribution is -2.40. The number of aromatic amines is 1. The summed E-state index contributed by atoms with van der Waals surface area (Å²) in [7, 11) is 1.55. The van der Waals surface area contributed by atoms with E-state index in [0.29, 0.717) is 13.0 Å². The molecule has 2 unspecified atom stereocenters. The van der Waals surface area contributed by atoms with Crippen LogP contribution in [0.3, 0.4) is 0 Å². The van der Waals surface area contributed by atoms with Gasteiger partial charge < -0.3 is 15.0 Å². The second kappa shape index (κ2) is 5.70. The Morgan fingerprint density at radius 2 is 2.09 bits per heavy atom. The summed E-state index contributed by atoms with van der Waals surface area (Å²) in [5.41, 5.74) is 3.29. The van der Waals surface area contributed by atoms with Crippen molar-refractivity contribution in [3.8, 4) is 0 Å². The maximum absolute atomic E-state index is 12.3. The lowest BCUT2D eigenvalue weighted by molar-refractivity contribution is -0.130. The monoisotopic (exact) mass is 315 g/mol. The fraction of sp³-hybridized carbons (Fsp3) is 0.412. The van der Waals surface area contributed by atoms with Gasteiger partial charge in [-0.05, 0) is 38.0 Å². The molecule has 1 aliphatic rings. The Morgan fingerprint density at radius 1 is 1.35 bits per heavy atom. The zero-order valence-electron chi connectivity index (χ0n) is 13.5. The summed E-state index contributed by atoms with van der Waals surface area (Å²) in [6.45, 7) is 3.87. The summed E-state index contributed by atoms with van der Waals surface area (Å²) in [6.07, 6.45) is 1.63. The standard InChI is InChI=1S/C17H21N3O3/c1-10-4-5-14-13(8-10)12(9-18-14)6-7-20-16(22)15(11(2)21)19(3)17(20)23/h4-5,8-9,11,15,18,21H,6-7H2,1-3H3. The second-order valence-corrected chi connectivity index (χ2v) is 6.18. The summed E-state index contributed by atoms with van der Waals surface area (Å²) < 4.78 is 0. The third-order valence-corrected chi connectivity index (χ3v) is 4.45. The van der Waals surface area contributed by atoms with Gasteiger partial charge >= 0.3 is 6.03 Å². The fourth-order valence-corrected chi connectivity index (χ4v) is 3.20. The number of aryl methyl sites for hydroxylation is 1. The van der Waals surface area contributed by atoms with Crippen molar-refractivity contribution in [2.45, 2.75) is 32.4 Å². The van der Waals surface area contributed by atoms with Crippen molar-refractivity contribution >= 4 is 22.8 Å². The number of rotatable bonds is 4. The van der Waals surface area contributed by atoms with E-state index in [1.165, 1.54) is 22.3 Å². The van der Waals surface area contributed by atoms with E-state index in [-0.39, 0.29) is 11.9 Å². The third-order valence-electron chi connectivity index (χ3n) is 4.45. The molecule has 1 aromatic carbocycles. The number of likely N-dealkylation sites (N-methyl/N-ethyl adjacent to an activating group) is 1. The highest BCUT2D eigenvalue weighted by molar-refractivity contribution is 6.04. The average Bonchev–Trinajstić information content (AvgIpc) is 2.97. The Bertz CT molecular complexity index is 766. The predicted molar refractivity (Wildman–Crippen MR) is 87.1 cm³/mol. The molecule has 2 N–H and O–H groups in total. The number of hydrogen-bond donors (Lipinski definition) is 2. The van der Waals surface area contributed by atoms with Crippen molar-refractivity contribution in [1.29, 1.82) is 0 Å². The van der Waals surface area contributed by atoms with Gasteiger partial charge in [0.2, 0.25) is 0 Å². The lowest BCUT2D eigenvalue weighted by Gasteiger charge is -2.18. The summed E-state index contributed by atoms with van der Waals surface area (Å²) >= 11 is 0. The summed E-state index contributed by atoms with van der Waals surface area (Å²) in [5.74, 6) is -0.330. The average molecular weight is 315 g/mol. The minimum atomic E-state index is -0.878. The molecule has 0 spiro atoms. The number of hydrogen-bond acceptors (Lipinski definition) is 3. The van der Waals surface area contributed by atoms with Crippen LogP contribution in [0, 0.1) is 6.92 Å². The summed E-state index contributed by atoms with van der Waals surface area (Å²) in [6, 6.07) is 5.03. The molecule has 1 saturated heterocycles. The predicted octanol–water partition coefficient (Wildman–Crippen LogP) is 1.66. The largest absolute Gasteiger partial charge is 0.391 e. The molecule has 1 aliphatic heterocycles. The van der Waals surface area contributed by atoms with E-state index < -0.39 is 12.1 Å². The molecule has 3 amide bonds. The first kappa shape index (κ1) is 15.6. The quantitative estimate of drug-likeness (QED) is 0.843. The van der Waals surface area contributed by atoms with Crippen molar-refractivity contribution in [3.63, 3.8) is 0 Å². The molecule has 122 valence electrons. The first-order chi connectivity index (χ1) is 10.9. The molecule has 3 rings (SSSR count). The molecule has 1 fully saturated rings. The second-order valence-electron chi connectivity index (χ2n) is 6.18. The smallest absolute Gasteiger partial charge is 0.327 e. The molecule has 0 bridgehead atoms. The van der Waals surface area contributed by atoms with Gasteiger partial charge in [-0.2, -0.15) is 0 Å². The number of H-pyrrole nitrogens is 1. The van der Waals surface area contributed by atoms with Crippen molar-refractivity contribution in [3.05, 3.63) is 35.5 Å². The topological polar surface area (TPSA) is 76.6 Å². The van der Waals surface area contributed by atoms with Gasteiger partial charge in [0.25, 0.3) is 5.91 Å². The van der Waals surface area contributed by atoms with Gasteiger partial charge in [-0.3, -0.25) is 9.69 Å². The molecule has 2 heterocycles. The van der Waals surface area contributed by atoms with Gasteiger partial charge in [-0.25, -0.2) is 4.79 Å². The van der Waals surface area contributed by atoms with Gasteiger partial charge in [-0.1, -0.05) is 11.6 Å². The van der Waals surface area contributed by atoms with Crippen LogP contribution >= 0.6 is 0 Å². The van der Waals surface area contributed by atoms with Gasteiger partial charge in [0.15, 0.2) is 0 Å². The molecule has 6 heteroatoms. The fourth-order valence-electron chi connectivity index (χ4n) is 3.20. The number of carbonyl (C=O) groups excluding carboxylic acids is 2. The van der Waals surface area contributed by atoms with E-state index in [2.05, 4.69) is 11.1 Å². The first-order valence-corrected chi connectivity index (χ1v) is 7.73. The Morgan fingerprint density at radius 3 is 2.74 bits per heavy atom. The van der Waals surface area contributed by atoms with Gasteiger partial charge in [0.05, 0.1) is 6.10 Å². The molecule has 0 aliphatic carbocycles. The molecular weight excluding hydrogens is 294 g/mol. The Labute approximate surface area is 134 Å². The van der Waals surface area contributed by atoms with Gasteiger partial charge in [-0.15, -0.1) is 0 Å². The van der Waals surface area contributed by atoms with Crippen molar-refractivity contribution in [1.82, 2.24) is 14.8 Å². The molecule has 6 nitrogen and oxygen atoms in total. The van der Waals surface area contributed by atoms with Crippen LogP contribution in [0.1, 0.15) is 18.1 Å². The minimum absolute atomic E-state index is 0.312. The van der Waals surface area contributed by atoms with E-state index in [9.17, 15) is 14.7 Å². The number of amides is 3. The number of nitrogens with one attached hydrogen (secondary N) is 1. The maximum atomic E-state index is 12.3. The van der Waals surface area contributed by atoms with Crippen molar-refractivity contribution < 1.29 is 14.7 Å². The molecule has 23 heavy (non-hydrogen) atoms. The van der Waals surface area contributed by atoms with Crippen LogP contribution in [0.25, 0.3) is 10.9 Å². The highest BCUT2D eigenvalue weighted by Gasteiger charge is 2.44. The zero-order valence-corrected chi connectivity index (χ0v) is 13.5. The van der Waals surface area contributed by atoms with Gasteiger partial charge in [0, 0.05) is 30.7 Å². The van der Waals surface area contributed by atoms with Crippen LogP contribution in [0.15, 0.2) is 24.4 Å². The molecule has 0 saturated carbocycles. The number of carbonyl (C=O) groups is 2. The van der Waals surface area contributed by atoms with E-state index in [4.69, 9.17) is 0 Å². The van der Waals surface area contributed by atoms with Crippen molar-refractivity contribution in [2.75, 3.05) is 13.6 Å². The molecular formula is C17H21N3O3. The van der Waals surface area contributed by atoms with Crippen LogP contribution in [0.2, 0.25) is 0 Å². The lowest BCUT2D eigenvalue weighted by atomic mass is 10.1. The highest BCUT2D eigenvalue weighted by atomic mass is 16.3. The third kappa shape index (κ3) is 2.59. The number of nitrogens with zero attached hydrogens (tertiary/aromatic N) is 2. The van der Waals surface area contributed by atoms with E-state index in [0.717, 1.165) is 16.5 Å². The highest BCUT2D eigenvalue weighted by Crippen LogP contribution is 2.23. The number of aliphatic hydroxyl groups is 1. The van der Waals surface area contributed by atoms with Crippen LogP contribution in [0.5, 0.6) is 0 Å². The van der Waals surface area contributed by atoms with E-state index in [1.807, 2.05) is 25.3 Å². The Hall–Kier alpha value is -2.34. The van der Waals surface area contributed by atoms with Gasteiger partial charge in [0.1, 0.15) is 6.04 Å². The van der Waals surface area contributed by atoms with E-state index >= 15 is 0 Å². The number of benzene rings is 1. The van der Waals surface area contributed by atoms with Crippen LogP contribution in [-0.2, 0) is 11.2 Å². The Kier molecular flexibility index (Phi) is 3.85. The number of aliphatic hydroxyl groups excluding tert-OH is 1.